The molecule has 0 unspecified atom stereocenters. The van der Waals surface area contributed by atoms with E-state index in [-0.39, 0.29) is 10.8 Å². The van der Waals surface area contributed by atoms with Crippen molar-refractivity contribution in [1.29, 1.82) is 0 Å². The van der Waals surface area contributed by atoms with E-state index in [4.69, 9.17) is 0 Å². The van der Waals surface area contributed by atoms with Crippen molar-refractivity contribution in [3.05, 3.63) is 53.5 Å². The maximum absolute atomic E-state index is 12.2. The van der Waals surface area contributed by atoms with E-state index >= 15 is 0 Å². The van der Waals surface area contributed by atoms with Gasteiger partial charge in [0.2, 0.25) is 0 Å². The summed E-state index contributed by atoms with van der Waals surface area (Å²) in [4.78, 5) is 16.5. The first-order valence-corrected chi connectivity index (χ1v) is 9.15. The number of thiazole rings is 1. The van der Waals surface area contributed by atoms with Crippen molar-refractivity contribution in [2.24, 2.45) is 0 Å². The number of nitrogens with zero attached hydrogens (tertiary/aromatic N) is 1. The Bertz CT molecular complexity index is 944. The summed E-state index contributed by atoms with van der Waals surface area (Å²) in [6, 6.07) is 11.3. The molecule has 0 fully saturated rings. The van der Waals surface area contributed by atoms with Crippen LogP contribution in [0.1, 0.15) is 10.4 Å². The molecule has 0 atom stereocenters. The number of nitrogens with one attached hydrogen (secondary N) is 1. The number of carbonyl (C=O) groups excluding carboxylic acids is 1. The molecule has 0 aliphatic heterocycles. The highest BCUT2D eigenvalue weighted by atomic mass is 32.2. The number of rotatable bonds is 3. The van der Waals surface area contributed by atoms with E-state index < -0.39 is 9.84 Å². The zero-order chi connectivity index (χ0) is 15.7. The molecule has 3 rings (SSSR count). The third kappa shape index (κ3) is 3.00. The Labute approximate surface area is 131 Å². The normalized spacial score (nSPS) is 11.5. The molecule has 7 heteroatoms. The molecular formula is C15H12N2O3S2. The number of anilines is 1. The standard InChI is InChI=1S/C15H12N2O3S2/c1-22(19,20)12-5-2-10(3-6-12)15(18)17-11-4-7-13-14(8-11)21-9-16-13/h2-9H,1H3,(H,17,18). The average Bonchev–Trinajstić information content (AvgIpc) is 2.94. The van der Waals surface area contributed by atoms with E-state index in [1.807, 2.05) is 12.1 Å². The molecule has 0 saturated heterocycles. The fraction of sp³-hybridized carbons (Fsp3) is 0.0667. The largest absolute Gasteiger partial charge is 0.322 e. The second-order valence-electron chi connectivity index (χ2n) is 4.79. The monoisotopic (exact) mass is 332 g/mol. The SMILES string of the molecule is CS(=O)(=O)c1ccc(C(=O)Nc2ccc3ncsc3c2)cc1. The molecule has 1 aromatic heterocycles. The van der Waals surface area contributed by atoms with Crippen molar-refractivity contribution in [2.75, 3.05) is 11.6 Å². The fourth-order valence-corrected chi connectivity index (χ4v) is 3.34. The van der Waals surface area contributed by atoms with Gasteiger partial charge in [0.1, 0.15) is 0 Å². The van der Waals surface area contributed by atoms with Crippen molar-refractivity contribution in [2.45, 2.75) is 4.90 Å². The maximum atomic E-state index is 12.2. The van der Waals surface area contributed by atoms with Crippen LogP contribution in [-0.2, 0) is 9.84 Å². The maximum Gasteiger partial charge on any atom is 0.255 e. The highest BCUT2D eigenvalue weighted by Crippen LogP contribution is 2.22. The summed E-state index contributed by atoms with van der Waals surface area (Å²) >= 11 is 1.50. The number of amides is 1. The molecule has 0 spiro atoms. The number of benzene rings is 2. The summed E-state index contributed by atoms with van der Waals surface area (Å²) in [6.45, 7) is 0. The van der Waals surface area contributed by atoms with Gasteiger partial charge in [-0.3, -0.25) is 4.79 Å². The molecular weight excluding hydrogens is 320 g/mol. The van der Waals surface area contributed by atoms with Crippen LogP contribution >= 0.6 is 11.3 Å². The Morgan fingerprint density at radius 2 is 1.86 bits per heavy atom. The summed E-state index contributed by atoms with van der Waals surface area (Å²) in [6.07, 6.45) is 1.13. The summed E-state index contributed by atoms with van der Waals surface area (Å²) in [7, 11) is -3.26. The first-order valence-electron chi connectivity index (χ1n) is 6.38. The molecule has 0 saturated carbocycles. The lowest BCUT2D eigenvalue weighted by Crippen LogP contribution is -2.12. The van der Waals surface area contributed by atoms with Crippen LogP contribution in [0.15, 0.2) is 52.9 Å². The van der Waals surface area contributed by atoms with Crippen molar-refractivity contribution in [1.82, 2.24) is 4.98 Å². The summed E-state index contributed by atoms with van der Waals surface area (Å²) < 4.78 is 23.8. The zero-order valence-corrected chi connectivity index (χ0v) is 13.2. The van der Waals surface area contributed by atoms with Crippen molar-refractivity contribution >= 4 is 43.0 Å². The molecule has 5 nitrogen and oxygen atoms in total. The third-order valence-corrected chi connectivity index (χ3v) is 5.05. The van der Waals surface area contributed by atoms with Gasteiger partial charge in [-0.1, -0.05) is 0 Å². The molecule has 22 heavy (non-hydrogen) atoms. The van der Waals surface area contributed by atoms with Crippen LogP contribution in [0.4, 0.5) is 5.69 Å². The van der Waals surface area contributed by atoms with Crippen molar-refractivity contribution in [3.63, 3.8) is 0 Å². The Balaban J connectivity index is 1.81. The molecule has 1 amide bonds. The summed E-state index contributed by atoms with van der Waals surface area (Å²) in [5.41, 5.74) is 3.71. The van der Waals surface area contributed by atoms with E-state index in [0.717, 1.165) is 16.5 Å². The highest BCUT2D eigenvalue weighted by molar-refractivity contribution is 7.90. The van der Waals surface area contributed by atoms with Gasteiger partial charge in [0.05, 0.1) is 20.6 Å². The number of aromatic nitrogens is 1. The third-order valence-electron chi connectivity index (χ3n) is 3.13. The van der Waals surface area contributed by atoms with Crippen LogP contribution in [-0.4, -0.2) is 25.6 Å². The minimum atomic E-state index is -3.26. The molecule has 112 valence electrons. The molecule has 0 aliphatic rings. The Morgan fingerprint density at radius 3 is 2.55 bits per heavy atom. The van der Waals surface area contributed by atoms with Gasteiger partial charge in [0.15, 0.2) is 9.84 Å². The fourth-order valence-electron chi connectivity index (χ4n) is 1.99. The first-order chi connectivity index (χ1) is 10.4. The van der Waals surface area contributed by atoms with Crippen LogP contribution in [0.5, 0.6) is 0 Å². The Hall–Kier alpha value is -2.25. The number of sulfone groups is 1. The van der Waals surface area contributed by atoms with Gasteiger partial charge in [-0.15, -0.1) is 11.3 Å². The Kier molecular flexibility index (Phi) is 3.67. The second kappa shape index (κ2) is 5.51. The topological polar surface area (TPSA) is 76.1 Å². The van der Waals surface area contributed by atoms with Gasteiger partial charge < -0.3 is 5.32 Å². The number of hydrogen-bond donors (Lipinski definition) is 1. The van der Waals surface area contributed by atoms with Gasteiger partial charge in [-0.05, 0) is 42.5 Å². The smallest absolute Gasteiger partial charge is 0.255 e. The van der Waals surface area contributed by atoms with E-state index in [2.05, 4.69) is 10.3 Å². The van der Waals surface area contributed by atoms with Crippen LogP contribution in [0.25, 0.3) is 10.2 Å². The zero-order valence-electron chi connectivity index (χ0n) is 11.6. The summed E-state index contributed by atoms with van der Waals surface area (Å²) in [5, 5.41) is 2.79. The van der Waals surface area contributed by atoms with Crippen LogP contribution in [0.3, 0.4) is 0 Å². The minimum Gasteiger partial charge on any atom is -0.322 e. The van der Waals surface area contributed by atoms with Crippen LogP contribution in [0.2, 0.25) is 0 Å². The molecule has 1 heterocycles. The molecule has 1 N–H and O–H groups in total. The van der Waals surface area contributed by atoms with Gasteiger partial charge in [-0.2, -0.15) is 0 Å². The predicted molar refractivity (Wildman–Crippen MR) is 87.1 cm³/mol. The molecule has 0 radical (unpaired) electrons. The van der Waals surface area contributed by atoms with Gasteiger partial charge in [0, 0.05) is 17.5 Å². The van der Waals surface area contributed by atoms with Crippen molar-refractivity contribution < 1.29 is 13.2 Å². The van der Waals surface area contributed by atoms with Crippen LogP contribution < -0.4 is 5.32 Å². The number of fused-ring (bicyclic) bond motifs is 1. The van der Waals surface area contributed by atoms with Gasteiger partial charge in [-0.25, -0.2) is 13.4 Å². The molecule has 2 aromatic carbocycles. The highest BCUT2D eigenvalue weighted by Gasteiger charge is 2.10. The Morgan fingerprint density at radius 1 is 1.14 bits per heavy atom. The predicted octanol–water partition coefficient (Wildman–Crippen LogP) is 2.95. The number of carbonyl (C=O) groups is 1. The summed E-state index contributed by atoms with van der Waals surface area (Å²) in [5.74, 6) is -0.288. The second-order valence-corrected chi connectivity index (χ2v) is 7.69. The lowest BCUT2D eigenvalue weighted by atomic mass is 10.2. The van der Waals surface area contributed by atoms with Gasteiger partial charge >= 0.3 is 0 Å². The van der Waals surface area contributed by atoms with E-state index in [1.165, 1.54) is 35.6 Å². The number of hydrogen-bond acceptors (Lipinski definition) is 5. The average molecular weight is 332 g/mol. The first kappa shape index (κ1) is 14.7. The van der Waals surface area contributed by atoms with Crippen LogP contribution in [0, 0.1) is 0 Å². The minimum absolute atomic E-state index is 0.190. The van der Waals surface area contributed by atoms with E-state index in [9.17, 15) is 13.2 Å². The molecule has 3 aromatic rings. The van der Waals surface area contributed by atoms with E-state index in [1.54, 1.807) is 11.6 Å². The molecule has 0 bridgehead atoms. The quantitative estimate of drug-likeness (QED) is 0.800. The molecule has 0 aliphatic carbocycles. The van der Waals surface area contributed by atoms with Gasteiger partial charge in [0.25, 0.3) is 5.91 Å². The van der Waals surface area contributed by atoms with Crippen molar-refractivity contribution in [3.8, 4) is 0 Å². The lowest BCUT2D eigenvalue weighted by molar-refractivity contribution is 0.102. The van der Waals surface area contributed by atoms with E-state index in [0.29, 0.717) is 11.3 Å². The lowest BCUT2D eigenvalue weighted by Gasteiger charge is -2.06.